The van der Waals surface area contributed by atoms with Gasteiger partial charge < -0.3 is 44.9 Å². The van der Waals surface area contributed by atoms with Crippen LogP contribution in [0.2, 0.25) is 18.1 Å². The van der Waals surface area contributed by atoms with Crippen LogP contribution in [0.25, 0.3) is 0 Å². The van der Waals surface area contributed by atoms with E-state index >= 15 is 0 Å². The molecule has 33 heavy (non-hydrogen) atoms. The molecular weight excluding hydrogens is 484 g/mol. The number of rotatable bonds is 21. The SMILES string of the molecule is CO[Si](CCCC(CCC[Si](OC)(OC)OC)(CC[Si](OC)(OC)OC)C(C)O)(OC)OC. The van der Waals surface area contributed by atoms with E-state index in [1.807, 2.05) is 6.92 Å². The molecule has 10 nitrogen and oxygen atoms in total. The van der Waals surface area contributed by atoms with Gasteiger partial charge in [0.2, 0.25) is 0 Å². The Morgan fingerprint density at radius 1 is 0.515 bits per heavy atom. The van der Waals surface area contributed by atoms with E-state index in [0.717, 1.165) is 25.7 Å². The lowest BCUT2D eigenvalue weighted by Crippen LogP contribution is -2.46. The van der Waals surface area contributed by atoms with Gasteiger partial charge in [-0.05, 0) is 44.4 Å². The van der Waals surface area contributed by atoms with Crippen LogP contribution in [-0.2, 0) is 39.8 Å². The summed E-state index contributed by atoms with van der Waals surface area (Å²) in [4.78, 5) is 0. The molecule has 200 valence electrons. The smallest absolute Gasteiger partial charge is 0.393 e. The third kappa shape index (κ3) is 9.33. The van der Waals surface area contributed by atoms with Gasteiger partial charge in [0.25, 0.3) is 0 Å². The van der Waals surface area contributed by atoms with Gasteiger partial charge in [0.05, 0.1) is 6.10 Å². The maximum atomic E-state index is 11.0. The van der Waals surface area contributed by atoms with E-state index in [4.69, 9.17) is 39.8 Å². The fourth-order valence-electron chi connectivity index (χ4n) is 4.39. The minimum atomic E-state index is -2.81. The second-order valence-corrected chi connectivity index (χ2v) is 17.4. The Labute approximate surface area is 204 Å². The molecule has 1 N–H and O–H groups in total. The van der Waals surface area contributed by atoms with Gasteiger partial charge in [-0.25, -0.2) is 0 Å². The third-order valence-electron chi connectivity index (χ3n) is 6.93. The molecule has 0 aliphatic carbocycles. The van der Waals surface area contributed by atoms with Crippen molar-refractivity contribution < 1.29 is 44.9 Å². The number of aliphatic hydroxyl groups excluding tert-OH is 1. The first-order chi connectivity index (χ1) is 15.6. The molecule has 0 rings (SSSR count). The second-order valence-electron chi connectivity index (χ2n) is 8.13. The highest BCUT2D eigenvalue weighted by molar-refractivity contribution is 6.61. The van der Waals surface area contributed by atoms with Crippen LogP contribution in [0.4, 0.5) is 0 Å². The number of hydrogen-bond acceptors (Lipinski definition) is 10. The molecule has 0 saturated carbocycles. The van der Waals surface area contributed by atoms with Gasteiger partial charge in [-0.2, -0.15) is 0 Å². The summed E-state index contributed by atoms with van der Waals surface area (Å²) in [6, 6.07) is 1.89. The maximum absolute atomic E-state index is 11.0. The van der Waals surface area contributed by atoms with Crippen molar-refractivity contribution in [1.82, 2.24) is 0 Å². The normalized spacial score (nSPS) is 14.6. The molecule has 0 heterocycles. The fourth-order valence-corrected chi connectivity index (χ4v) is 9.75. The van der Waals surface area contributed by atoms with Gasteiger partial charge in [-0.1, -0.05) is 0 Å². The van der Waals surface area contributed by atoms with E-state index in [2.05, 4.69) is 0 Å². The molecule has 13 heteroatoms. The summed E-state index contributed by atoms with van der Waals surface area (Å²) in [5.74, 6) is 0. The van der Waals surface area contributed by atoms with Crippen molar-refractivity contribution in [3.63, 3.8) is 0 Å². The zero-order valence-corrected chi connectivity index (χ0v) is 25.4. The Morgan fingerprint density at radius 2 is 0.788 bits per heavy atom. The van der Waals surface area contributed by atoms with Crippen LogP contribution < -0.4 is 0 Å². The Balaban J connectivity index is 5.69. The van der Waals surface area contributed by atoms with E-state index < -0.39 is 37.9 Å². The van der Waals surface area contributed by atoms with Crippen molar-refractivity contribution in [2.45, 2.75) is 63.3 Å². The first-order valence-electron chi connectivity index (χ1n) is 11.3. The zero-order valence-electron chi connectivity index (χ0n) is 22.4. The van der Waals surface area contributed by atoms with E-state index in [-0.39, 0.29) is 0 Å². The van der Waals surface area contributed by atoms with Gasteiger partial charge in [-0.15, -0.1) is 0 Å². The fraction of sp³-hybridized carbons (Fsp3) is 1.00. The maximum Gasteiger partial charge on any atom is 0.500 e. The van der Waals surface area contributed by atoms with Crippen molar-refractivity contribution in [3.8, 4) is 0 Å². The predicted molar refractivity (Wildman–Crippen MR) is 132 cm³/mol. The van der Waals surface area contributed by atoms with Gasteiger partial charge in [0, 0.05) is 82.1 Å². The summed E-state index contributed by atoms with van der Waals surface area (Å²) in [5.41, 5.74) is -0.404. The van der Waals surface area contributed by atoms with Crippen molar-refractivity contribution >= 4 is 26.4 Å². The quantitative estimate of drug-likeness (QED) is 0.222. The minimum Gasteiger partial charge on any atom is -0.393 e. The van der Waals surface area contributed by atoms with Crippen LogP contribution in [0.15, 0.2) is 0 Å². The molecule has 1 unspecified atom stereocenters. The Bertz CT molecular complexity index is 450. The molecular formula is C20H48O10Si3. The summed E-state index contributed by atoms with van der Waals surface area (Å²) in [6.07, 6.45) is 3.15. The summed E-state index contributed by atoms with van der Waals surface area (Å²) in [5, 5.41) is 11.0. The minimum absolute atomic E-state index is 0.404. The second kappa shape index (κ2) is 16.1. The topological polar surface area (TPSA) is 103 Å². The summed E-state index contributed by atoms with van der Waals surface area (Å²) in [7, 11) is 6.26. The van der Waals surface area contributed by atoms with E-state index in [1.54, 1.807) is 64.0 Å². The summed E-state index contributed by atoms with van der Waals surface area (Å²) in [6.45, 7) is 1.84. The summed E-state index contributed by atoms with van der Waals surface area (Å²) >= 11 is 0. The lowest BCUT2D eigenvalue weighted by atomic mass is 9.73. The van der Waals surface area contributed by atoms with Gasteiger partial charge in [-0.3, -0.25) is 0 Å². The largest absolute Gasteiger partial charge is 0.500 e. The van der Waals surface area contributed by atoms with Crippen LogP contribution in [0, 0.1) is 5.41 Å². The lowest BCUT2D eigenvalue weighted by Gasteiger charge is -2.40. The molecule has 1 atom stereocenters. The molecule has 0 aliphatic heterocycles. The molecule has 0 fully saturated rings. The Hall–Kier alpha value is 0.251. The Morgan fingerprint density at radius 3 is 1.03 bits per heavy atom. The molecule has 0 aromatic heterocycles. The highest BCUT2D eigenvalue weighted by Crippen LogP contribution is 2.42. The standard InChI is InChI=1S/C20H48O10Si3/c1-19(21)20(15-18-33(28-8,29-9)30-10,13-11-16-31(22-2,23-3)24-4)14-12-17-32(25-5,26-6)27-7/h19,21H,11-18H2,1-10H3. The number of aliphatic hydroxyl groups is 1. The van der Waals surface area contributed by atoms with Crippen molar-refractivity contribution in [3.05, 3.63) is 0 Å². The van der Waals surface area contributed by atoms with Crippen molar-refractivity contribution in [2.24, 2.45) is 5.41 Å². The molecule has 0 aromatic rings. The molecule has 0 aromatic carbocycles. The molecule has 0 spiro atoms. The first-order valence-corrected chi connectivity index (χ1v) is 17.1. The molecule has 0 aliphatic rings. The van der Waals surface area contributed by atoms with Gasteiger partial charge in [0.1, 0.15) is 0 Å². The van der Waals surface area contributed by atoms with Crippen LogP contribution >= 0.6 is 0 Å². The molecule has 0 radical (unpaired) electrons. The van der Waals surface area contributed by atoms with Gasteiger partial charge in [0.15, 0.2) is 0 Å². The van der Waals surface area contributed by atoms with E-state index in [1.165, 1.54) is 0 Å². The van der Waals surface area contributed by atoms with Crippen LogP contribution in [0.1, 0.15) is 39.0 Å². The van der Waals surface area contributed by atoms with Crippen LogP contribution in [0.5, 0.6) is 0 Å². The molecule has 0 amide bonds. The third-order valence-corrected chi connectivity index (χ3v) is 15.3. The Kier molecular flexibility index (Phi) is 16.2. The van der Waals surface area contributed by atoms with E-state index in [9.17, 15) is 5.11 Å². The highest BCUT2D eigenvalue weighted by Gasteiger charge is 2.46. The van der Waals surface area contributed by atoms with Crippen LogP contribution in [0.3, 0.4) is 0 Å². The lowest BCUT2D eigenvalue weighted by molar-refractivity contribution is 0.0117. The highest BCUT2D eigenvalue weighted by atomic mass is 28.4. The average molecular weight is 533 g/mol. The molecule has 0 bridgehead atoms. The van der Waals surface area contributed by atoms with Crippen molar-refractivity contribution in [1.29, 1.82) is 0 Å². The van der Waals surface area contributed by atoms with Gasteiger partial charge >= 0.3 is 26.4 Å². The first kappa shape index (κ1) is 33.3. The predicted octanol–water partition coefficient (Wildman–Crippen LogP) is 2.94. The van der Waals surface area contributed by atoms with Crippen LogP contribution in [-0.4, -0.2) is 102 Å². The van der Waals surface area contributed by atoms with E-state index in [0.29, 0.717) is 24.6 Å². The van der Waals surface area contributed by atoms with Crippen molar-refractivity contribution in [2.75, 3.05) is 64.0 Å². The number of hydrogen-bond donors (Lipinski definition) is 1. The average Bonchev–Trinajstić information content (AvgIpc) is 2.85. The zero-order chi connectivity index (χ0) is 25.6. The summed E-state index contributed by atoms with van der Waals surface area (Å²) < 4.78 is 50.4. The monoisotopic (exact) mass is 532 g/mol. The molecule has 0 saturated heterocycles.